The third-order valence-electron chi connectivity index (χ3n) is 5.10. The molecule has 1 heterocycles. The molecule has 0 spiro atoms. The first-order valence-electron chi connectivity index (χ1n) is 9.42. The molecule has 1 fully saturated rings. The fraction of sp³-hybridized carbons (Fsp3) is 0.650. The van der Waals surface area contributed by atoms with Crippen molar-refractivity contribution in [2.45, 2.75) is 71.6 Å². The van der Waals surface area contributed by atoms with Crippen LogP contribution in [0, 0.1) is 0 Å². The number of halogens is 1. The van der Waals surface area contributed by atoms with Gasteiger partial charge in [-0.1, -0.05) is 37.6 Å². The predicted molar refractivity (Wildman–Crippen MR) is 119 cm³/mol. The van der Waals surface area contributed by atoms with Crippen molar-refractivity contribution in [1.29, 1.82) is 0 Å². The smallest absolute Gasteiger partial charge is 0.191 e. The van der Waals surface area contributed by atoms with E-state index in [-0.39, 0.29) is 24.0 Å². The van der Waals surface area contributed by atoms with Gasteiger partial charge in [0.15, 0.2) is 5.96 Å². The van der Waals surface area contributed by atoms with E-state index in [1.54, 1.807) is 0 Å². The lowest BCUT2D eigenvalue weighted by molar-refractivity contribution is 0.152. The summed E-state index contributed by atoms with van der Waals surface area (Å²) < 4.78 is 0. The second kappa shape index (κ2) is 11.7. The molecule has 0 amide bonds. The van der Waals surface area contributed by atoms with E-state index in [4.69, 9.17) is 0 Å². The van der Waals surface area contributed by atoms with Crippen LogP contribution in [0.15, 0.2) is 29.3 Å². The largest absolute Gasteiger partial charge is 0.354 e. The first-order valence-corrected chi connectivity index (χ1v) is 9.42. The monoisotopic (exact) mass is 458 g/mol. The quantitative estimate of drug-likeness (QED) is 0.383. The Morgan fingerprint density at radius 2 is 2.00 bits per heavy atom. The van der Waals surface area contributed by atoms with Crippen LogP contribution in [0.4, 0.5) is 0 Å². The van der Waals surface area contributed by atoms with E-state index in [2.05, 4.69) is 65.6 Å². The Bertz CT molecular complexity index is 532. The summed E-state index contributed by atoms with van der Waals surface area (Å²) in [7, 11) is 1.83. The number of benzene rings is 1. The first-order chi connectivity index (χ1) is 11.6. The van der Waals surface area contributed by atoms with Crippen LogP contribution >= 0.6 is 24.0 Å². The number of piperidine rings is 1. The number of hydrogen-bond acceptors (Lipinski definition) is 2. The third kappa shape index (κ3) is 7.13. The Morgan fingerprint density at radius 3 is 2.64 bits per heavy atom. The highest BCUT2D eigenvalue weighted by Gasteiger charge is 2.19. The average Bonchev–Trinajstić information content (AvgIpc) is 2.61. The number of rotatable bonds is 6. The zero-order valence-electron chi connectivity index (χ0n) is 16.2. The minimum absolute atomic E-state index is 0. The van der Waals surface area contributed by atoms with E-state index >= 15 is 0 Å². The van der Waals surface area contributed by atoms with Crippen LogP contribution in [-0.4, -0.2) is 36.5 Å². The normalized spacial score (nSPS) is 19.8. The van der Waals surface area contributed by atoms with Crippen LogP contribution in [0.1, 0.15) is 57.6 Å². The lowest BCUT2D eigenvalue weighted by Gasteiger charge is -2.33. The minimum Gasteiger partial charge on any atom is -0.354 e. The van der Waals surface area contributed by atoms with Gasteiger partial charge in [-0.2, -0.15) is 0 Å². The summed E-state index contributed by atoms with van der Waals surface area (Å²) >= 11 is 0. The first kappa shape index (κ1) is 22.2. The molecule has 5 heteroatoms. The molecule has 0 radical (unpaired) electrons. The van der Waals surface area contributed by atoms with Gasteiger partial charge in [0.05, 0.1) is 0 Å². The Morgan fingerprint density at radius 1 is 1.28 bits per heavy atom. The van der Waals surface area contributed by atoms with Crippen LogP contribution < -0.4 is 10.6 Å². The van der Waals surface area contributed by atoms with Crippen LogP contribution in [0.3, 0.4) is 0 Å². The Kier molecular flexibility index (Phi) is 10.4. The van der Waals surface area contributed by atoms with Crippen molar-refractivity contribution in [3.8, 4) is 0 Å². The van der Waals surface area contributed by atoms with Crippen molar-refractivity contribution < 1.29 is 0 Å². The summed E-state index contributed by atoms with van der Waals surface area (Å²) in [6.45, 7) is 9.81. The number of nitrogens with zero attached hydrogens (tertiary/aromatic N) is 2. The van der Waals surface area contributed by atoms with Gasteiger partial charge in [-0.25, -0.2) is 0 Å². The molecule has 1 aliphatic rings. The van der Waals surface area contributed by atoms with Crippen molar-refractivity contribution in [2.24, 2.45) is 4.99 Å². The topological polar surface area (TPSA) is 39.7 Å². The summed E-state index contributed by atoms with van der Waals surface area (Å²) in [5.74, 6) is 0.880. The van der Waals surface area contributed by atoms with E-state index in [1.165, 1.54) is 36.9 Å². The van der Waals surface area contributed by atoms with Gasteiger partial charge in [0, 0.05) is 32.2 Å². The van der Waals surface area contributed by atoms with Gasteiger partial charge in [0.1, 0.15) is 0 Å². The number of guanidine groups is 1. The Labute approximate surface area is 170 Å². The molecule has 2 atom stereocenters. The van der Waals surface area contributed by atoms with E-state index < -0.39 is 0 Å². The highest BCUT2D eigenvalue weighted by Crippen LogP contribution is 2.20. The van der Waals surface area contributed by atoms with Gasteiger partial charge < -0.3 is 10.6 Å². The second-order valence-corrected chi connectivity index (χ2v) is 6.96. The molecular formula is C20H35IN4. The van der Waals surface area contributed by atoms with Gasteiger partial charge in [0.25, 0.3) is 0 Å². The summed E-state index contributed by atoms with van der Waals surface area (Å²) in [5, 5.41) is 6.88. The molecule has 4 nitrogen and oxygen atoms in total. The zero-order chi connectivity index (χ0) is 17.4. The molecule has 142 valence electrons. The van der Waals surface area contributed by atoms with Crippen LogP contribution in [0.2, 0.25) is 0 Å². The number of aliphatic imine (C=N–C) groups is 1. The standard InChI is InChI=1S/C20H34N4.HI/c1-5-16(2)23-20(21-4)22-14-18-11-6-7-12-19(18)15-24-13-9-8-10-17(24)3;/h6-7,11-12,16-17H,5,8-10,13-15H2,1-4H3,(H2,21,22,23);1H. The Hall–Kier alpha value is -0.820. The van der Waals surface area contributed by atoms with Gasteiger partial charge in [-0.15, -0.1) is 24.0 Å². The van der Waals surface area contributed by atoms with E-state index in [0.29, 0.717) is 12.1 Å². The maximum Gasteiger partial charge on any atom is 0.191 e. The minimum atomic E-state index is 0. The zero-order valence-corrected chi connectivity index (χ0v) is 18.5. The van der Waals surface area contributed by atoms with Crippen molar-refractivity contribution in [1.82, 2.24) is 15.5 Å². The highest BCUT2D eigenvalue weighted by molar-refractivity contribution is 14.0. The van der Waals surface area contributed by atoms with Gasteiger partial charge in [-0.05, 0) is 50.8 Å². The molecule has 1 aromatic carbocycles. The van der Waals surface area contributed by atoms with Crippen molar-refractivity contribution in [3.05, 3.63) is 35.4 Å². The molecule has 1 aromatic rings. The van der Waals surface area contributed by atoms with Crippen molar-refractivity contribution in [2.75, 3.05) is 13.6 Å². The SMILES string of the molecule is CCC(C)NC(=NC)NCc1ccccc1CN1CCCCC1C.I. The molecular weight excluding hydrogens is 423 g/mol. The summed E-state index contributed by atoms with van der Waals surface area (Å²) in [4.78, 5) is 6.95. The predicted octanol–water partition coefficient (Wildman–Crippen LogP) is 4.14. The van der Waals surface area contributed by atoms with E-state index in [0.717, 1.165) is 25.5 Å². The summed E-state index contributed by atoms with van der Waals surface area (Å²) in [6.07, 6.45) is 5.12. The summed E-state index contributed by atoms with van der Waals surface area (Å²) in [6, 6.07) is 9.90. The summed E-state index contributed by atoms with van der Waals surface area (Å²) in [5.41, 5.74) is 2.79. The molecule has 2 rings (SSSR count). The molecule has 2 N–H and O–H groups in total. The van der Waals surface area contributed by atoms with Crippen LogP contribution in [0.5, 0.6) is 0 Å². The molecule has 0 aromatic heterocycles. The highest BCUT2D eigenvalue weighted by atomic mass is 127. The van der Waals surface area contributed by atoms with Crippen LogP contribution in [0.25, 0.3) is 0 Å². The number of hydrogen-bond donors (Lipinski definition) is 2. The molecule has 0 aliphatic carbocycles. The van der Waals surface area contributed by atoms with Gasteiger partial charge in [-0.3, -0.25) is 9.89 Å². The molecule has 0 saturated carbocycles. The molecule has 0 bridgehead atoms. The van der Waals surface area contributed by atoms with Gasteiger partial charge in [0.2, 0.25) is 0 Å². The van der Waals surface area contributed by atoms with E-state index in [1.807, 2.05) is 7.05 Å². The lowest BCUT2D eigenvalue weighted by Crippen LogP contribution is -2.42. The molecule has 2 unspecified atom stereocenters. The Balaban J connectivity index is 0.00000312. The fourth-order valence-corrected chi connectivity index (χ4v) is 3.20. The third-order valence-corrected chi connectivity index (χ3v) is 5.10. The van der Waals surface area contributed by atoms with E-state index in [9.17, 15) is 0 Å². The number of nitrogens with one attached hydrogen (secondary N) is 2. The lowest BCUT2D eigenvalue weighted by atomic mass is 10.0. The number of likely N-dealkylation sites (tertiary alicyclic amines) is 1. The molecule has 1 saturated heterocycles. The fourth-order valence-electron chi connectivity index (χ4n) is 3.20. The molecule has 1 aliphatic heterocycles. The maximum atomic E-state index is 4.33. The van der Waals surface area contributed by atoms with Crippen molar-refractivity contribution in [3.63, 3.8) is 0 Å². The molecule has 25 heavy (non-hydrogen) atoms. The van der Waals surface area contributed by atoms with Gasteiger partial charge >= 0.3 is 0 Å². The van der Waals surface area contributed by atoms with Crippen molar-refractivity contribution >= 4 is 29.9 Å². The van der Waals surface area contributed by atoms with Crippen LogP contribution in [-0.2, 0) is 13.1 Å². The average molecular weight is 458 g/mol. The maximum absolute atomic E-state index is 4.33. The second-order valence-electron chi connectivity index (χ2n) is 6.96.